The predicted octanol–water partition coefficient (Wildman–Crippen LogP) is 5.71. The number of piperidine rings is 1. The van der Waals surface area contributed by atoms with Crippen molar-refractivity contribution in [2.75, 3.05) is 44.6 Å². The van der Waals surface area contributed by atoms with Crippen LogP contribution in [0, 0.1) is 0 Å². The Hall–Kier alpha value is -3.76. The zero-order chi connectivity index (χ0) is 26.8. The van der Waals surface area contributed by atoms with Crippen molar-refractivity contribution in [3.63, 3.8) is 0 Å². The molecule has 2 aliphatic rings. The molecule has 8 nitrogen and oxygen atoms in total. The Morgan fingerprint density at radius 2 is 2.08 bits per heavy atom. The summed E-state index contributed by atoms with van der Waals surface area (Å²) in [7, 11) is 0. The van der Waals surface area contributed by atoms with Crippen LogP contribution < -0.4 is 10.6 Å². The van der Waals surface area contributed by atoms with E-state index in [0.29, 0.717) is 45.6 Å². The van der Waals surface area contributed by atoms with E-state index < -0.39 is 5.67 Å². The molecule has 0 atom stereocenters. The molecule has 0 radical (unpaired) electrons. The number of amides is 2. The molecule has 1 saturated heterocycles. The Kier molecular flexibility index (Phi) is 7.05. The number of nitrogens with one attached hydrogen (secondary N) is 3. The van der Waals surface area contributed by atoms with Gasteiger partial charge in [0.15, 0.2) is 0 Å². The van der Waals surface area contributed by atoms with Crippen molar-refractivity contribution < 1.29 is 9.18 Å². The summed E-state index contributed by atoms with van der Waals surface area (Å²) >= 11 is 1.62. The van der Waals surface area contributed by atoms with Gasteiger partial charge >= 0.3 is 6.03 Å². The molecular formula is C29H32FN7OS. The van der Waals surface area contributed by atoms with Gasteiger partial charge in [-0.3, -0.25) is 0 Å². The maximum absolute atomic E-state index is 14.3. The molecule has 1 aromatic carbocycles. The second-order valence-corrected chi connectivity index (χ2v) is 11.1. The summed E-state index contributed by atoms with van der Waals surface area (Å²) in [6.45, 7) is 7.46. The van der Waals surface area contributed by atoms with Gasteiger partial charge in [0, 0.05) is 62.2 Å². The van der Waals surface area contributed by atoms with Crippen molar-refractivity contribution in [3.05, 3.63) is 66.5 Å². The SMILES string of the molecule is C=CC1(F)CCN(CCNC(=O)N2CC=C(c3cc4c(Nc5ccc6ncsc6c5)ccnc4[nH]3)CC2)CC1. The molecule has 1 fully saturated rings. The first-order valence-electron chi connectivity index (χ1n) is 13.3. The number of anilines is 2. The standard InChI is InChI=1S/C29H32FN7OS/c1-2-29(30)8-14-36(15-9-29)16-11-32-28(38)37-12-6-20(7-13-37)25-18-22-23(5-10-31-27(22)35-25)34-21-3-4-24-26(17-21)39-19-33-24/h2-6,10,17-19H,1,7-9,11-16H2,(H,32,38)(H2,31,34,35). The quantitative estimate of drug-likeness (QED) is 0.259. The summed E-state index contributed by atoms with van der Waals surface area (Å²) < 4.78 is 15.4. The molecule has 39 heavy (non-hydrogen) atoms. The summed E-state index contributed by atoms with van der Waals surface area (Å²) in [6.07, 6.45) is 7.03. The number of hydrogen-bond donors (Lipinski definition) is 3. The molecule has 3 N–H and O–H groups in total. The fourth-order valence-corrected chi connectivity index (χ4v) is 6.00. The van der Waals surface area contributed by atoms with Gasteiger partial charge in [-0.15, -0.1) is 11.3 Å². The minimum atomic E-state index is -1.24. The van der Waals surface area contributed by atoms with E-state index in [2.05, 4.69) is 55.3 Å². The molecule has 0 saturated carbocycles. The molecule has 0 spiro atoms. The van der Waals surface area contributed by atoms with Crippen molar-refractivity contribution in [2.45, 2.75) is 24.9 Å². The van der Waals surface area contributed by atoms with Crippen LogP contribution >= 0.6 is 11.3 Å². The van der Waals surface area contributed by atoms with Crippen LogP contribution in [0.25, 0.3) is 26.8 Å². The number of allylic oxidation sites excluding steroid dienone is 1. The van der Waals surface area contributed by atoms with Crippen molar-refractivity contribution >= 4 is 55.6 Å². The van der Waals surface area contributed by atoms with Crippen LogP contribution in [-0.4, -0.2) is 75.7 Å². The Morgan fingerprint density at radius 1 is 1.21 bits per heavy atom. The van der Waals surface area contributed by atoms with E-state index in [9.17, 15) is 9.18 Å². The number of carbonyl (C=O) groups excluding carboxylic acids is 1. The number of pyridine rings is 1. The average Bonchev–Trinajstić information content (AvgIpc) is 3.62. The second kappa shape index (κ2) is 10.8. The summed E-state index contributed by atoms with van der Waals surface area (Å²) in [6, 6.07) is 10.2. The fourth-order valence-electron chi connectivity index (χ4n) is 5.28. The zero-order valence-corrected chi connectivity index (χ0v) is 22.6. The molecule has 202 valence electrons. The van der Waals surface area contributed by atoms with Gasteiger partial charge in [-0.2, -0.15) is 0 Å². The van der Waals surface area contributed by atoms with Gasteiger partial charge in [0.1, 0.15) is 11.3 Å². The number of urea groups is 1. The number of alkyl halides is 1. The molecule has 0 unspecified atom stereocenters. The van der Waals surface area contributed by atoms with Crippen molar-refractivity contribution in [1.29, 1.82) is 0 Å². The lowest BCUT2D eigenvalue weighted by molar-refractivity contribution is 0.0978. The summed E-state index contributed by atoms with van der Waals surface area (Å²) in [5.41, 5.74) is 6.64. The van der Waals surface area contributed by atoms with Crippen molar-refractivity contribution in [2.24, 2.45) is 0 Å². The van der Waals surface area contributed by atoms with Crippen LogP contribution in [0.2, 0.25) is 0 Å². The van der Waals surface area contributed by atoms with E-state index in [0.717, 1.165) is 51.3 Å². The smallest absolute Gasteiger partial charge is 0.317 e. The number of rotatable bonds is 7. The highest BCUT2D eigenvalue weighted by atomic mass is 32.1. The van der Waals surface area contributed by atoms with E-state index in [1.807, 2.05) is 28.6 Å². The third-order valence-corrected chi connectivity index (χ3v) is 8.53. The number of aromatic amines is 1. The predicted molar refractivity (Wildman–Crippen MR) is 156 cm³/mol. The lowest BCUT2D eigenvalue weighted by Crippen LogP contribution is -2.47. The molecule has 0 aliphatic carbocycles. The number of halogens is 1. The summed E-state index contributed by atoms with van der Waals surface area (Å²) in [5.74, 6) is 0. The topological polar surface area (TPSA) is 89.2 Å². The van der Waals surface area contributed by atoms with Crippen LogP contribution in [0.15, 0.2) is 60.8 Å². The first-order valence-corrected chi connectivity index (χ1v) is 14.2. The Labute approximate surface area is 230 Å². The van der Waals surface area contributed by atoms with Crippen LogP contribution in [0.1, 0.15) is 25.0 Å². The minimum absolute atomic E-state index is 0.0593. The van der Waals surface area contributed by atoms with Gasteiger partial charge < -0.3 is 25.4 Å². The maximum Gasteiger partial charge on any atom is 0.317 e. The third-order valence-electron chi connectivity index (χ3n) is 7.74. The molecule has 2 amide bonds. The van der Waals surface area contributed by atoms with Crippen molar-refractivity contribution in [3.8, 4) is 0 Å². The molecule has 5 heterocycles. The van der Waals surface area contributed by atoms with E-state index in [-0.39, 0.29) is 6.03 Å². The highest BCUT2D eigenvalue weighted by Gasteiger charge is 2.31. The zero-order valence-electron chi connectivity index (χ0n) is 21.8. The highest BCUT2D eigenvalue weighted by molar-refractivity contribution is 7.16. The first-order chi connectivity index (χ1) is 19.0. The second-order valence-electron chi connectivity index (χ2n) is 10.2. The molecule has 10 heteroatoms. The number of aromatic nitrogens is 3. The lowest BCUT2D eigenvalue weighted by atomic mass is 9.94. The molecule has 2 aliphatic heterocycles. The first kappa shape index (κ1) is 25.5. The third kappa shape index (κ3) is 5.53. The lowest BCUT2D eigenvalue weighted by Gasteiger charge is -2.34. The summed E-state index contributed by atoms with van der Waals surface area (Å²) in [5, 5.41) is 7.57. The van der Waals surface area contributed by atoms with Crippen LogP contribution in [-0.2, 0) is 0 Å². The number of carbonyl (C=O) groups is 1. The van der Waals surface area contributed by atoms with Gasteiger partial charge in [0.2, 0.25) is 0 Å². The Balaban J connectivity index is 1.05. The Morgan fingerprint density at radius 3 is 2.87 bits per heavy atom. The van der Waals surface area contributed by atoms with Crippen LogP contribution in [0.5, 0.6) is 0 Å². The minimum Gasteiger partial charge on any atom is -0.355 e. The number of benzene rings is 1. The largest absolute Gasteiger partial charge is 0.355 e. The van der Waals surface area contributed by atoms with Crippen molar-refractivity contribution in [1.82, 2.24) is 30.1 Å². The molecule has 3 aromatic heterocycles. The number of hydrogen-bond acceptors (Lipinski definition) is 6. The van der Waals surface area contributed by atoms with Gasteiger partial charge in [-0.05, 0) is 55.2 Å². The van der Waals surface area contributed by atoms with E-state index in [1.54, 1.807) is 17.5 Å². The van der Waals surface area contributed by atoms with E-state index >= 15 is 0 Å². The number of likely N-dealkylation sites (tertiary alicyclic amines) is 1. The summed E-state index contributed by atoms with van der Waals surface area (Å²) in [4.78, 5) is 29.1. The normalized spacial score (nSPS) is 17.8. The highest BCUT2D eigenvalue weighted by Crippen LogP contribution is 2.32. The van der Waals surface area contributed by atoms with Gasteiger partial charge in [-0.25, -0.2) is 19.2 Å². The monoisotopic (exact) mass is 545 g/mol. The van der Waals surface area contributed by atoms with Gasteiger partial charge in [-0.1, -0.05) is 18.7 Å². The molecule has 6 rings (SSSR count). The Bertz CT molecular complexity index is 1530. The molecular weight excluding hydrogens is 513 g/mol. The fraction of sp³-hybridized carbons (Fsp3) is 0.345. The molecule has 4 aromatic rings. The van der Waals surface area contributed by atoms with Gasteiger partial charge in [0.25, 0.3) is 0 Å². The van der Waals surface area contributed by atoms with E-state index in [4.69, 9.17) is 0 Å². The average molecular weight is 546 g/mol. The van der Waals surface area contributed by atoms with Gasteiger partial charge in [0.05, 0.1) is 21.4 Å². The van der Waals surface area contributed by atoms with Crippen LogP contribution in [0.3, 0.4) is 0 Å². The molecule has 0 bridgehead atoms. The number of H-pyrrole nitrogens is 1. The number of fused-ring (bicyclic) bond motifs is 2. The number of thiazole rings is 1. The number of nitrogens with zero attached hydrogens (tertiary/aromatic N) is 4. The van der Waals surface area contributed by atoms with E-state index in [1.165, 1.54) is 11.6 Å². The van der Waals surface area contributed by atoms with Crippen LogP contribution in [0.4, 0.5) is 20.6 Å². The maximum atomic E-state index is 14.3.